The molecule has 1 aromatic heterocycles. The van der Waals surface area contributed by atoms with Gasteiger partial charge in [-0.25, -0.2) is 4.98 Å². The number of unbranched alkanes of at least 4 members (excludes halogenated alkanes) is 4. The van der Waals surface area contributed by atoms with E-state index in [4.69, 9.17) is 10.5 Å². The summed E-state index contributed by atoms with van der Waals surface area (Å²) in [6.45, 7) is 4.73. The van der Waals surface area contributed by atoms with Gasteiger partial charge >= 0.3 is 0 Å². The first-order valence-corrected chi connectivity index (χ1v) is 5.96. The van der Waals surface area contributed by atoms with Crippen molar-refractivity contribution in [2.45, 2.75) is 46.0 Å². The summed E-state index contributed by atoms with van der Waals surface area (Å²) in [5, 5.41) is 0. The molecule has 4 heteroatoms. The highest BCUT2D eigenvalue weighted by atomic mass is 16.5. The van der Waals surface area contributed by atoms with Gasteiger partial charge in [-0.1, -0.05) is 32.6 Å². The Morgan fingerprint density at radius 1 is 1.19 bits per heavy atom. The van der Waals surface area contributed by atoms with Crippen LogP contribution in [-0.2, 0) is 0 Å². The number of anilines is 1. The summed E-state index contributed by atoms with van der Waals surface area (Å²) >= 11 is 0. The van der Waals surface area contributed by atoms with E-state index in [1.807, 2.05) is 6.92 Å². The van der Waals surface area contributed by atoms with Gasteiger partial charge in [-0.05, 0) is 13.3 Å². The molecule has 0 aromatic carbocycles. The van der Waals surface area contributed by atoms with Crippen molar-refractivity contribution in [2.24, 2.45) is 0 Å². The highest BCUT2D eigenvalue weighted by Crippen LogP contribution is 2.11. The van der Waals surface area contributed by atoms with Gasteiger partial charge < -0.3 is 10.5 Å². The normalized spacial score (nSPS) is 10.4. The lowest BCUT2D eigenvalue weighted by molar-refractivity contribution is 0.292. The predicted octanol–water partition coefficient (Wildman–Crippen LogP) is 2.72. The van der Waals surface area contributed by atoms with E-state index in [1.54, 1.807) is 6.07 Å². The SMILES string of the molecule is CCCCCCCOc1cc(N)nc(C)n1. The molecule has 0 unspecified atom stereocenters. The number of hydrogen-bond donors (Lipinski definition) is 1. The van der Waals surface area contributed by atoms with Crippen molar-refractivity contribution >= 4 is 5.82 Å². The summed E-state index contributed by atoms with van der Waals surface area (Å²) in [6.07, 6.45) is 6.14. The van der Waals surface area contributed by atoms with Gasteiger partial charge in [-0.2, -0.15) is 4.98 Å². The van der Waals surface area contributed by atoms with Crippen molar-refractivity contribution < 1.29 is 4.74 Å². The molecule has 0 saturated carbocycles. The Bertz CT molecular complexity index is 295. The predicted molar refractivity (Wildman–Crippen MR) is 65.4 cm³/mol. The fourth-order valence-corrected chi connectivity index (χ4v) is 1.52. The number of nitrogen functional groups attached to an aromatic ring is 1. The molecule has 0 atom stereocenters. The molecule has 0 spiro atoms. The molecule has 0 amide bonds. The number of nitrogens with zero attached hydrogens (tertiary/aromatic N) is 2. The molecule has 0 bridgehead atoms. The van der Waals surface area contributed by atoms with Crippen molar-refractivity contribution in [3.05, 3.63) is 11.9 Å². The summed E-state index contributed by atoms with van der Waals surface area (Å²) in [4.78, 5) is 8.14. The first-order valence-electron chi connectivity index (χ1n) is 5.96. The van der Waals surface area contributed by atoms with Crippen LogP contribution in [0.2, 0.25) is 0 Å². The zero-order valence-corrected chi connectivity index (χ0v) is 10.2. The van der Waals surface area contributed by atoms with Crippen LogP contribution in [0.3, 0.4) is 0 Å². The van der Waals surface area contributed by atoms with Crippen LogP contribution in [0.5, 0.6) is 5.88 Å². The minimum absolute atomic E-state index is 0.466. The first kappa shape index (κ1) is 12.7. The number of hydrogen-bond acceptors (Lipinski definition) is 4. The molecule has 2 N–H and O–H groups in total. The third-order valence-electron chi connectivity index (χ3n) is 2.33. The third kappa shape index (κ3) is 4.96. The minimum atomic E-state index is 0.466. The highest BCUT2D eigenvalue weighted by molar-refractivity contribution is 5.32. The standard InChI is InChI=1S/C12H21N3O/c1-3-4-5-6-7-8-16-12-9-11(13)14-10(2)15-12/h9H,3-8H2,1-2H3,(H2,13,14,15). The van der Waals surface area contributed by atoms with Gasteiger partial charge in [0.05, 0.1) is 6.61 Å². The van der Waals surface area contributed by atoms with Crippen LogP contribution in [-0.4, -0.2) is 16.6 Å². The molecule has 0 saturated heterocycles. The van der Waals surface area contributed by atoms with Gasteiger partial charge in [0.15, 0.2) is 0 Å². The van der Waals surface area contributed by atoms with Gasteiger partial charge in [-0.15, -0.1) is 0 Å². The molecular formula is C12H21N3O. The second kappa shape index (κ2) is 7.04. The fourth-order valence-electron chi connectivity index (χ4n) is 1.52. The molecule has 16 heavy (non-hydrogen) atoms. The fraction of sp³-hybridized carbons (Fsp3) is 0.667. The zero-order chi connectivity index (χ0) is 11.8. The van der Waals surface area contributed by atoms with Crippen LogP contribution in [0, 0.1) is 6.92 Å². The second-order valence-electron chi connectivity index (χ2n) is 3.94. The molecule has 0 fully saturated rings. The smallest absolute Gasteiger partial charge is 0.218 e. The number of rotatable bonds is 7. The largest absolute Gasteiger partial charge is 0.478 e. The lowest BCUT2D eigenvalue weighted by Crippen LogP contribution is -2.02. The Hall–Kier alpha value is -1.32. The van der Waals surface area contributed by atoms with Crippen molar-refractivity contribution in [3.8, 4) is 5.88 Å². The van der Waals surface area contributed by atoms with Gasteiger partial charge in [0.1, 0.15) is 11.6 Å². The topological polar surface area (TPSA) is 61.0 Å². The summed E-state index contributed by atoms with van der Waals surface area (Å²) in [5.41, 5.74) is 5.60. The van der Waals surface area contributed by atoms with Crippen LogP contribution >= 0.6 is 0 Å². The number of nitrogens with two attached hydrogens (primary N) is 1. The molecule has 0 aliphatic rings. The molecule has 1 heterocycles. The molecule has 1 aromatic rings. The van der Waals surface area contributed by atoms with Gasteiger partial charge in [-0.3, -0.25) is 0 Å². The van der Waals surface area contributed by atoms with Crippen LogP contribution < -0.4 is 10.5 Å². The van der Waals surface area contributed by atoms with Crippen molar-refractivity contribution in [1.29, 1.82) is 0 Å². The Morgan fingerprint density at radius 2 is 1.94 bits per heavy atom. The average Bonchev–Trinajstić information content (AvgIpc) is 2.22. The highest BCUT2D eigenvalue weighted by Gasteiger charge is 1.99. The molecular weight excluding hydrogens is 202 g/mol. The van der Waals surface area contributed by atoms with E-state index in [9.17, 15) is 0 Å². The van der Waals surface area contributed by atoms with Crippen molar-refractivity contribution in [3.63, 3.8) is 0 Å². The Kier molecular flexibility index (Phi) is 5.61. The van der Waals surface area contributed by atoms with Gasteiger partial charge in [0.2, 0.25) is 5.88 Å². The number of aromatic nitrogens is 2. The molecule has 90 valence electrons. The van der Waals surface area contributed by atoms with E-state index in [-0.39, 0.29) is 0 Å². The van der Waals surface area contributed by atoms with Crippen LogP contribution in [0.1, 0.15) is 44.9 Å². The first-order chi connectivity index (χ1) is 7.72. The van der Waals surface area contributed by atoms with E-state index in [0.717, 1.165) is 6.42 Å². The summed E-state index contributed by atoms with van der Waals surface area (Å²) < 4.78 is 5.52. The summed E-state index contributed by atoms with van der Waals surface area (Å²) in [7, 11) is 0. The second-order valence-corrected chi connectivity index (χ2v) is 3.94. The Balaban J connectivity index is 2.21. The van der Waals surface area contributed by atoms with E-state index >= 15 is 0 Å². The maximum Gasteiger partial charge on any atom is 0.218 e. The zero-order valence-electron chi connectivity index (χ0n) is 10.2. The number of ether oxygens (including phenoxy) is 1. The van der Waals surface area contributed by atoms with E-state index in [0.29, 0.717) is 24.1 Å². The molecule has 0 aliphatic carbocycles. The average molecular weight is 223 g/mol. The van der Waals surface area contributed by atoms with E-state index in [2.05, 4.69) is 16.9 Å². The third-order valence-corrected chi connectivity index (χ3v) is 2.33. The van der Waals surface area contributed by atoms with E-state index < -0.39 is 0 Å². The quantitative estimate of drug-likeness (QED) is 0.722. The molecule has 0 radical (unpaired) electrons. The molecule has 4 nitrogen and oxygen atoms in total. The molecule has 1 rings (SSSR count). The summed E-state index contributed by atoms with van der Waals surface area (Å²) in [5.74, 6) is 1.70. The van der Waals surface area contributed by atoms with Crippen molar-refractivity contribution in [2.75, 3.05) is 12.3 Å². The van der Waals surface area contributed by atoms with Gasteiger partial charge in [0, 0.05) is 6.07 Å². The lowest BCUT2D eigenvalue weighted by Gasteiger charge is -2.06. The lowest BCUT2D eigenvalue weighted by atomic mass is 10.2. The monoisotopic (exact) mass is 223 g/mol. The van der Waals surface area contributed by atoms with E-state index in [1.165, 1.54) is 25.7 Å². The number of aryl methyl sites for hydroxylation is 1. The Labute approximate surface area is 97.2 Å². The Morgan fingerprint density at radius 3 is 2.62 bits per heavy atom. The minimum Gasteiger partial charge on any atom is -0.478 e. The van der Waals surface area contributed by atoms with Crippen LogP contribution in [0.25, 0.3) is 0 Å². The maximum absolute atomic E-state index is 5.60. The molecule has 0 aliphatic heterocycles. The van der Waals surface area contributed by atoms with Crippen LogP contribution in [0.4, 0.5) is 5.82 Å². The maximum atomic E-state index is 5.60. The van der Waals surface area contributed by atoms with Gasteiger partial charge in [0.25, 0.3) is 0 Å². The summed E-state index contributed by atoms with van der Waals surface area (Å²) in [6, 6.07) is 1.67. The van der Waals surface area contributed by atoms with Crippen molar-refractivity contribution in [1.82, 2.24) is 9.97 Å². The van der Waals surface area contributed by atoms with Crippen LogP contribution in [0.15, 0.2) is 6.07 Å².